The van der Waals surface area contributed by atoms with Gasteiger partial charge in [0.1, 0.15) is 5.75 Å². The van der Waals surface area contributed by atoms with Crippen LogP contribution >= 0.6 is 0 Å². The lowest BCUT2D eigenvalue weighted by atomic mass is 10.1. The smallest absolute Gasteiger partial charge is 0.243 e. The summed E-state index contributed by atoms with van der Waals surface area (Å²) in [6.45, 7) is 4.85. The van der Waals surface area contributed by atoms with E-state index in [0.717, 1.165) is 0 Å². The van der Waals surface area contributed by atoms with Crippen molar-refractivity contribution < 1.29 is 13.2 Å². The standard InChI is InChI=1S/C14H22N2O3S/c1-11(2)19-13-3-5-14(6-4-13)20(17,18)16-9-7-12(15)8-10-16/h3-6,11-12H,7-10,15H2,1-2H3. The van der Waals surface area contributed by atoms with E-state index in [4.69, 9.17) is 10.5 Å². The maximum absolute atomic E-state index is 12.5. The number of sulfonamides is 1. The third kappa shape index (κ3) is 3.50. The van der Waals surface area contributed by atoms with Crippen LogP contribution in [-0.4, -0.2) is 38.0 Å². The second-order valence-electron chi connectivity index (χ2n) is 5.38. The molecule has 0 radical (unpaired) electrons. The van der Waals surface area contributed by atoms with E-state index >= 15 is 0 Å². The summed E-state index contributed by atoms with van der Waals surface area (Å²) in [5, 5.41) is 0. The Morgan fingerprint density at radius 1 is 1.20 bits per heavy atom. The highest BCUT2D eigenvalue weighted by atomic mass is 32.2. The van der Waals surface area contributed by atoms with Crippen molar-refractivity contribution >= 4 is 10.0 Å². The minimum absolute atomic E-state index is 0.0704. The number of hydrogen-bond acceptors (Lipinski definition) is 4. The normalized spacial score (nSPS) is 18.4. The number of nitrogens with two attached hydrogens (primary N) is 1. The van der Waals surface area contributed by atoms with Crippen LogP contribution in [0.25, 0.3) is 0 Å². The molecule has 0 amide bonds. The zero-order chi connectivity index (χ0) is 14.8. The summed E-state index contributed by atoms with van der Waals surface area (Å²) in [7, 11) is -3.41. The molecule has 1 fully saturated rings. The van der Waals surface area contributed by atoms with Crippen molar-refractivity contribution in [3.63, 3.8) is 0 Å². The highest BCUT2D eigenvalue weighted by Crippen LogP contribution is 2.22. The second-order valence-corrected chi connectivity index (χ2v) is 7.32. The molecule has 2 N–H and O–H groups in total. The molecule has 1 aliphatic rings. The number of benzene rings is 1. The van der Waals surface area contributed by atoms with Crippen molar-refractivity contribution in [2.75, 3.05) is 13.1 Å². The number of ether oxygens (including phenoxy) is 1. The lowest BCUT2D eigenvalue weighted by Crippen LogP contribution is -2.42. The fourth-order valence-corrected chi connectivity index (χ4v) is 3.70. The molecule has 6 heteroatoms. The van der Waals surface area contributed by atoms with Gasteiger partial charge in [-0.2, -0.15) is 4.31 Å². The molecular formula is C14H22N2O3S. The third-order valence-electron chi connectivity index (χ3n) is 3.33. The van der Waals surface area contributed by atoms with E-state index in [1.165, 1.54) is 4.31 Å². The van der Waals surface area contributed by atoms with Crippen LogP contribution in [0, 0.1) is 0 Å². The summed E-state index contributed by atoms with van der Waals surface area (Å²) in [5.74, 6) is 0.680. The molecule has 1 aliphatic heterocycles. The zero-order valence-corrected chi connectivity index (χ0v) is 12.8. The summed E-state index contributed by atoms with van der Waals surface area (Å²) in [6.07, 6.45) is 1.50. The summed E-state index contributed by atoms with van der Waals surface area (Å²) >= 11 is 0. The van der Waals surface area contributed by atoms with Crippen LogP contribution in [0.15, 0.2) is 29.2 Å². The van der Waals surface area contributed by atoms with Gasteiger partial charge in [0.05, 0.1) is 11.0 Å². The molecule has 1 saturated heterocycles. The number of nitrogens with zero attached hydrogens (tertiary/aromatic N) is 1. The molecule has 0 unspecified atom stereocenters. The van der Waals surface area contributed by atoms with Crippen LogP contribution in [0.4, 0.5) is 0 Å². The first-order valence-electron chi connectivity index (χ1n) is 6.92. The fourth-order valence-electron chi connectivity index (χ4n) is 2.23. The Kier molecular flexibility index (Phi) is 4.67. The van der Waals surface area contributed by atoms with Gasteiger partial charge in [-0.1, -0.05) is 0 Å². The van der Waals surface area contributed by atoms with E-state index in [-0.39, 0.29) is 12.1 Å². The van der Waals surface area contributed by atoms with Crippen LogP contribution < -0.4 is 10.5 Å². The summed E-state index contributed by atoms with van der Waals surface area (Å²) in [5.41, 5.74) is 5.81. The molecule has 0 aliphatic carbocycles. The van der Waals surface area contributed by atoms with Crippen LogP contribution in [0.2, 0.25) is 0 Å². The van der Waals surface area contributed by atoms with Crippen molar-refractivity contribution in [2.24, 2.45) is 5.73 Å². The Balaban J connectivity index is 2.13. The van der Waals surface area contributed by atoms with E-state index in [9.17, 15) is 8.42 Å². The lowest BCUT2D eigenvalue weighted by Gasteiger charge is -2.29. The van der Waals surface area contributed by atoms with Gasteiger partial charge in [-0.15, -0.1) is 0 Å². The lowest BCUT2D eigenvalue weighted by molar-refractivity contribution is 0.242. The Hall–Kier alpha value is -1.11. The average Bonchev–Trinajstić information content (AvgIpc) is 2.39. The maximum atomic E-state index is 12.5. The number of hydrogen-bond donors (Lipinski definition) is 1. The molecular weight excluding hydrogens is 276 g/mol. The average molecular weight is 298 g/mol. The molecule has 0 saturated carbocycles. The first kappa shape index (κ1) is 15.3. The largest absolute Gasteiger partial charge is 0.491 e. The van der Waals surface area contributed by atoms with E-state index in [1.54, 1.807) is 24.3 Å². The second kappa shape index (κ2) is 6.11. The van der Waals surface area contributed by atoms with Crippen LogP contribution in [0.5, 0.6) is 5.75 Å². The van der Waals surface area contributed by atoms with Gasteiger partial charge in [-0.05, 0) is 51.0 Å². The highest BCUT2D eigenvalue weighted by molar-refractivity contribution is 7.89. The molecule has 1 aromatic rings. The molecule has 0 bridgehead atoms. The molecule has 0 spiro atoms. The summed E-state index contributed by atoms with van der Waals surface area (Å²) < 4.78 is 32.0. The molecule has 20 heavy (non-hydrogen) atoms. The molecule has 1 aromatic carbocycles. The quantitative estimate of drug-likeness (QED) is 0.916. The Bertz CT molecular complexity index is 532. The fraction of sp³-hybridized carbons (Fsp3) is 0.571. The Labute approximate surface area is 120 Å². The zero-order valence-electron chi connectivity index (χ0n) is 12.0. The third-order valence-corrected chi connectivity index (χ3v) is 5.24. The first-order chi connectivity index (χ1) is 9.39. The van der Waals surface area contributed by atoms with Crippen LogP contribution in [-0.2, 0) is 10.0 Å². The summed E-state index contributed by atoms with van der Waals surface area (Å²) in [4.78, 5) is 0.309. The predicted molar refractivity (Wildman–Crippen MR) is 78.2 cm³/mol. The molecule has 1 heterocycles. The highest BCUT2D eigenvalue weighted by Gasteiger charge is 2.28. The topological polar surface area (TPSA) is 72.6 Å². The van der Waals surface area contributed by atoms with E-state index < -0.39 is 10.0 Å². The van der Waals surface area contributed by atoms with E-state index in [1.807, 2.05) is 13.8 Å². The number of rotatable bonds is 4. The maximum Gasteiger partial charge on any atom is 0.243 e. The van der Waals surface area contributed by atoms with Crippen molar-refractivity contribution in [1.29, 1.82) is 0 Å². The van der Waals surface area contributed by atoms with Crippen LogP contribution in [0.3, 0.4) is 0 Å². The van der Waals surface area contributed by atoms with Gasteiger partial charge in [0.25, 0.3) is 0 Å². The van der Waals surface area contributed by atoms with Crippen molar-refractivity contribution in [1.82, 2.24) is 4.31 Å². The van der Waals surface area contributed by atoms with Gasteiger partial charge in [-0.25, -0.2) is 8.42 Å². The Morgan fingerprint density at radius 3 is 2.25 bits per heavy atom. The van der Waals surface area contributed by atoms with Gasteiger partial charge in [0.15, 0.2) is 0 Å². The SMILES string of the molecule is CC(C)Oc1ccc(S(=O)(=O)N2CCC(N)CC2)cc1. The predicted octanol–water partition coefficient (Wildman–Crippen LogP) is 1.59. The summed E-state index contributed by atoms with van der Waals surface area (Å²) in [6, 6.07) is 6.71. The van der Waals surface area contributed by atoms with Gasteiger partial charge in [0, 0.05) is 19.1 Å². The molecule has 2 rings (SSSR count). The molecule has 0 atom stereocenters. The van der Waals surface area contributed by atoms with Gasteiger partial charge in [0.2, 0.25) is 10.0 Å². The molecule has 5 nitrogen and oxygen atoms in total. The molecule has 112 valence electrons. The van der Waals surface area contributed by atoms with Crippen molar-refractivity contribution in [3.05, 3.63) is 24.3 Å². The first-order valence-corrected chi connectivity index (χ1v) is 8.36. The van der Waals surface area contributed by atoms with Crippen molar-refractivity contribution in [2.45, 2.75) is 43.7 Å². The minimum atomic E-state index is -3.41. The van der Waals surface area contributed by atoms with Gasteiger partial charge in [-0.3, -0.25) is 0 Å². The van der Waals surface area contributed by atoms with Crippen molar-refractivity contribution in [3.8, 4) is 5.75 Å². The molecule has 0 aromatic heterocycles. The minimum Gasteiger partial charge on any atom is -0.491 e. The Morgan fingerprint density at radius 2 is 1.75 bits per heavy atom. The number of piperidine rings is 1. The monoisotopic (exact) mass is 298 g/mol. The van der Waals surface area contributed by atoms with Gasteiger partial charge < -0.3 is 10.5 Å². The van der Waals surface area contributed by atoms with Gasteiger partial charge >= 0.3 is 0 Å². The van der Waals surface area contributed by atoms with E-state index in [2.05, 4.69) is 0 Å². The van der Waals surface area contributed by atoms with E-state index in [0.29, 0.717) is 36.6 Å². The van der Waals surface area contributed by atoms with Crippen LogP contribution in [0.1, 0.15) is 26.7 Å².